The SMILES string of the molecule is O=C1CCC(N2Cc3cc(-n4cc(C(=O)N5CCN(C6CCOC6)CC5)nn4)ccc3C2=O)C(=O)N1. The Balaban J connectivity index is 1.13. The first-order valence-corrected chi connectivity index (χ1v) is 12.3. The zero-order valence-electron chi connectivity index (χ0n) is 19.8. The van der Waals surface area contributed by atoms with Crippen molar-refractivity contribution in [3.8, 4) is 5.69 Å². The van der Waals surface area contributed by atoms with Crippen LogP contribution in [0.3, 0.4) is 0 Å². The predicted molar refractivity (Wildman–Crippen MR) is 124 cm³/mol. The quantitative estimate of drug-likeness (QED) is 0.569. The second-order valence-electron chi connectivity index (χ2n) is 9.64. The number of amides is 4. The molecule has 4 aliphatic heterocycles. The smallest absolute Gasteiger partial charge is 0.276 e. The van der Waals surface area contributed by atoms with Gasteiger partial charge >= 0.3 is 0 Å². The molecule has 36 heavy (non-hydrogen) atoms. The molecule has 1 N–H and O–H groups in total. The van der Waals surface area contributed by atoms with E-state index in [1.54, 1.807) is 23.2 Å². The summed E-state index contributed by atoms with van der Waals surface area (Å²) in [6, 6.07) is 5.05. The first-order valence-electron chi connectivity index (χ1n) is 12.3. The number of carbonyl (C=O) groups is 4. The van der Waals surface area contributed by atoms with Crippen molar-refractivity contribution in [2.24, 2.45) is 0 Å². The van der Waals surface area contributed by atoms with Crippen LogP contribution in [0, 0.1) is 0 Å². The largest absolute Gasteiger partial charge is 0.380 e. The van der Waals surface area contributed by atoms with Gasteiger partial charge in [0.1, 0.15) is 6.04 Å². The van der Waals surface area contributed by atoms with Gasteiger partial charge in [0.25, 0.3) is 11.8 Å². The zero-order valence-corrected chi connectivity index (χ0v) is 19.8. The van der Waals surface area contributed by atoms with Crippen LogP contribution in [-0.2, 0) is 20.9 Å². The summed E-state index contributed by atoms with van der Waals surface area (Å²) in [4.78, 5) is 55.4. The summed E-state index contributed by atoms with van der Waals surface area (Å²) in [5.74, 6) is -1.14. The lowest BCUT2D eigenvalue weighted by Gasteiger charge is -2.37. The van der Waals surface area contributed by atoms with Crippen LogP contribution in [0.2, 0.25) is 0 Å². The number of carbonyl (C=O) groups excluding carboxylic acids is 4. The number of piperidine rings is 1. The third kappa shape index (κ3) is 4.05. The molecular weight excluding hydrogens is 466 g/mol. The zero-order chi connectivity index (χ0) is 24.8. The van der Waals surface area contributed by atoms with Crippen LogP contribution < -0.4 is 5.32 Å². The summed E-state index contributed by atoms with van der Waals surface area (Å²) in [7, 11) is 0. The van der Waals surface area contributed by atoms with Crippen LogP contribution in [0.4, 0.5) is 0 Å². The Morgan fingerprint density at radius 1 is 1.08 bits per heavy atom. The van der Waals surface area contributed by atoms with Crippen LogP contribution in [0.1, 0.15) is 45.7 Å². The first-order chi connectivity index (χ1) is 17.5. The summed E-state index contributed by atoms with van der Waals surface area (Å²) in [5.41, 5.74) is 2.22. The first kappa shape index (κ1) is 22.8. The van der Waals surface area contributed by atoms with Gasteiger partial charge < -0.3 is 14.5 Å². The number of ether oxygens (including phenoxy) is 1. The molecule has 0 aliphatic carbocycles. The number of imide groups is 1. The van der Waals surface area contributed by atoms with Crippen LogP contribution in [-0.4, -0.2) is 105 Å². The van der Waals surface area contributed by atoms with Crippen LogP contribution in [0.25, 0.3) is 5.69 Å². The van der Waals surface area contributed by atoms with Crippen molar-refractivity contribution >= 4 is 23.6 Å². The Morgan fingerprint density at radius 2 is 1.92 bits per heavy atom. The molecule has 1 aromatic carbocycles. The number of hydrogen-bond donors (Lipinski definition) is 1. The molecule has 12 nitrogen and oxygen atoms in total. The van der Waals surface area contributed by atoms with E-state index in [0.717, 1.165) is 38.3 Å². The Bertz CT molecular complexity index is 1230. The van der Waals surface area contributed by atoms with E-state index in [4.69, 9.17) is 4.74 Å². The lowest BCUT2D eigenvalue weighted by Crippen LogP contribution is -2.52. The number of nitrogens with zero attached hydrogens (tertiary/aromatic N) is 6. The molecule has 3 fully saturated rings. The average molecular weight is 494 g/mol. The number of hydrogen-bond acceptors (Lipinski definition) is 8. The molecule has 12 heteroatoms. The van der Waals surface area contributed by atoms with Crippen molar-refractivity contribution in [2.75, 3.05) is 39.4 Å². The van der Waals surface area contributed by atoms with Crippen LogP contribution in [0.15, 0.2) is 24.4 Å². The third-order valence-corrected chi connectivity index (χ3v) is 7.51. The molecular formula is C24H27N7O5. The van der Waals surface area contributed by atoms with Gasteiger partial charge in [0, 0.05) is 57.4 Å². The maximum absolute atomic E-state index is 13.0. The number of piperazine rings is 1. The maximum atomic E-state index is 13.0. The fourth-order valence-corrected chi connectivity index (χ4v) is 5.45. The Hall–Kier alpha value is -3.64. The van der Waals surface area contributed by atoms with E-state index in [0.29, 0.717) is 36.8 Å². The molecule has 5 heterocycles. The number of fused-ring (bicyclic) bond motifs is 1. The lowest BCUT2D eigenvalue weighted by molar-refractivity contribution is -0.136. The molecule has 0 bridgehead atoms. The van der Waals surface area contributed by atoms with Crippen LogP contribution in [0.5, 0.6) is 0 Å². The van der Waals surface area contributed by atoms with E-state index in [1.165, 1.54) is 9.58 Å². The molecule has 4 amide bonds. The molecule has 188 valence electrons. The number of rotatable bonds is 4. The van der Waals surface area contributed by atoms with Gasteiger partial charge in [0.15, 0.2) is 5.69 Å². The fourth-order valence-electron chi connectivity index (χ4n) is 5.45. The van der Waals surface area contributed by atoms with Crippen molar-refractivity contribution < 1.29 is 23.9 Å². The standard InChI is InChI=1S/C24H27N7O5/c32-21-4-3-20(22(33)25-21)30-12-15-11-16(1-2-18(15)23(30)34)31-13-19(26-27-31)24(35)29-8-6-28(7-9-29)17-5-10-36-14-17/h1-2,11,13,17,20H,3-10,12,14H2,(H,25,32,33). The summed E-state index contributed by atoms with van der Waals surface area (Å²) < 4.78 is 7.01. The van der Waals surface area contributed by atoms with Gasteiger partial charge in [-0.2, -0.15) is 0 Å². The highest BCUT2D eigenvalue weighted by Gasteiger charge is 2.39. The fraction of sp³-hybridized carbons (Fsp3) is 0.500. The minimum Gasteiger partial charge on any atom is -0.380 e. The molecule has 0 saturated carbocycles. The molecule has 2 aromatic rings. The molecule has 3 saturated heterocycles. The Morgan fingerprint density at radius 3 is 2.67 bits per heavy atom. The van der Waals surface area contributed by atoms with E-state index in [-0.39, 0.29) is 36.4 Å². The Labute approximate surface area is 207 Å². The van der Waals surface area contributed by atoms with Gasteiger partial charge in [0.2, 0.25) is 11.8 Å². The Kier molecular flexibility index (Phi) is 5.76. The van der Waals surface area contributed by atoms with Gasteiger partial charge in [-0.05, 0) is 36.6 Å². The van der Waals surface area contributed by atoms with E-state index >= 15 is 0 Å². The second-order valence-corrected chi connectivity index (χ2v) is 9.64. The minimum absolute atomic E-state index is 0.149. The van der Waals surface area contributed by atoms with Gasteiger partial charge in [0.05, 0.1) is 18.5 Å². The number of nitrogens with one attached hydrogen (secondary N) is 1. The maximum Gasteiger partial charge on any atom is 0.276 e. The van der Waals surface area contributed by atoms with Crippen molar-refractivity contribution in [1.82, 2.24) is 35.0 Å². The monoisotopic (exact) mass is 493 g/mol. The van der Waals surface area contributed by atoms with Crippen LogP contribution >= 0.6 is 0 Å². The molecule has 2 unspecified atom stereocenters. The van der Waals surface area contributed by atoms with Crippen molar-refractivity contribution in [3.05, 3.63) is 41.2 Å². The normalized spacial score (nSPS) is 24.8. The lowest BCUT2D eigenvalue weighted by atomic mass is 10.0. The van der Waals surface area contributed by atoms with E-state index in [2.05, 4.69) is 20.5 Å². The summed E-state index contributed by atoms with van der Waals surface area (Å²) in [6.07, 6.45) is 3.17. The second kappa shape index (κ2) is 9.10. The number of aromatic nitrogens is 3. The van der Waals surface area contributed by atoms with E-state index < -0.39 is 11.9 Å². The van der Waals surface area contributed by atoms with E-state index in [1.807, 2.05) is 6.07 Å². The third-order valence-electron chi connectivity index (χ3n) is 7.51. The van der Waals surface area contributed by atoms with E-state index in [9.17, 15) is 19.2 Å². The summed E-state index contributed by atoms with van der Waals surface area (Å²) in [5, 5.41) is 10.6. The van der Waals surface area contributed by atoms with Gasteiger partial charge in [-0.3, -0.25) is 29.4 Å². The van der Waals surface area contributed by atoms with Gasteiger partial charge in [-0.1, -0.05) is 5.21 Å². The topological polar surface area (TPSA) is 130 Å². The molecule has 0 radical (unpaired) electrons. The molecule has 6 rings (SSSR count). The van der Waals surface area contributed by atoms with Gasteiger partial charge in [-0.25, -0.2) is 4.68 Å². The minimum atomic E-state index is -0.664. The highest BCUT2D eigenvalue weighted by molar-refractivity contribution is 6.05. The summed E-state index contributed by atoms with van der Waals surface area (Å²) >= 11 is 0. The van der Waals surface area contributed by atoms with Gasteiger partial charge in [-0.15, -0.1) is 5.10 Å². The highest BCUT2D eigenvalue weighted by atomic mass is 16.5. The molecule has 0 spiro atoms. The molecule has 1 aromatic heterocycles. The number of benzene rings is 1. The van der Waals surface area contributed by atoms with Crippen molar-refractivity contribution in [2.45, 2.75) is 37.9 Å². The highest BCUT2D eigenvalue weighted by Crippen LogP contribution is 2.29. The molecule has 2 atom stereocenters. The average Bonchev–Trinajstić information content (AvgIpc) is 3.65. The van der Waals surface area contributed by atoms with Crippen molar-refractivity contribution in [3.63, 3.8) is 0 Å². The van der Waals surface area contributed by atoms with Crippen molar-refractivity contribution in [1.29, 1.82) is 0 Å². The summed E-state index contributed by atoms with van der Waals surface area (Å²) in [6.45, 7) is 4.75. The predicted octanol–water partition coefficient (Wildman–Crippen LogP) is -0.425. The molecule has 4 aliphatic rings.